The van der Waals surface area contributed by atoms with Gasteiger partial charge in [0, 0.05) is 18.4 Å². The predicted octanol–water partition coefficient (Wildman–Crippen LogP) is 5.71. The molecule has 2 N–H and O–H groups in total. The maximum Gasteiger partial charge on any atom is 0.215 e. The van der Waals surface area contributed by atoms with Crippen LogP contribution in [0.15, 0.2) is 66.9 Å². The standard InChI is InChI=1S/C23H18N4OS2/c1-2-27(15-8-4-3-5-9-15)23-16(14-24)20(25)22(30-23)21(28)19-12-11-18(29-19)17-10-6-7-13-26-17/h3-13H,2,25H2,1H3. The van der Waals surface area contributed by atoms with Crippen LogP contribution in [0.2, 0.25) is 0 Å². The smallest absolute Gasteiger partial charge is 0.215 e. The van der Waals surface area contributed by atoms with E-state index in [1.54, 1.807) is 12.3 Å². The molecule has 0 aliphatic heterocycles. The lowest BCUT2D eigenvalue weighted by molar-refractivity contribution is 0.104. The van der Waals surface area contributed by atoms with Gasteiger partial charge in [-0.3, -0.25) is 9.78 Å². The molecule has 148 valence electrons. The van der Waals surface area contributed by atoms with Crippen LogP contribution in [0.3, 0.4) is 0 Å². The largest absolute Gasteiger partial charge is 0.396 e. The van der Waals surface area contributed by atoms with E-state index in [-0.39, 0.29) is 11.5 Å². The van der Waals surface area contributed by atoms with Crippen molar-refractivity contribution in [3.8, 4) is 16.6 Å². The molecule has 0 atom stereocenters. The fourth-order valence-corrected chi connectivity index (χ4v) is 5.37. The van der Waals surface area contributed by atoms with Crippen LogP contribution >= 0.6 is 22.7 Å². The maximum atomic E-state index is 13.2. The van der Waals surface area contributed by atoms with E-state index < -0.39 is 0 Å². The summed E-state index contributed by atoms with van der Waals surface area (Å²) in [4.78, 5) is 21.5. The minimum absolute atomic E-state index is 0.170. The van der Waals surface area contributed by atoms with Gasteiger partial charge in [0.2, 0.25) is 5.78 Å². The summed E-state index contributed by atoms with van der Waals surface area (Å²) in [5.74, 6) is -0.170. The summed E-state index contributed by atoms with van der Waals surface area (Å²) in [7, 11) is 0. The molecule has 4 rings (SSSR count). The molecule has 0 radical (unpaired) electrons. The van der Waals surface area contributed by atoms with Crippen molar-refractivity contribution in [2.45, 2.75) is 6.92 Å². The number of carbonyl (C=O) groups excluding carboxylic acids is 1. The minimum Gasteiger partial charge on any atom is -0.396 e. The van der Waals surface area contributed by atoms with Gasteiger partial charge in [-0.25, -0.2) is 0 Å². The Morgan fingerprint density at radius 1 is 1.10 bits per heavy atom. The van der Waals surface area contributed by atoms with Crippen molar-refractivity contribution in [1.82, 2.24) is 4.98 Å². The second-order valence-electron chi connectivity index (χ2n) is 6.42. The Morgan fingerprint density at radius 3 is 2.53 bits per heavy atom. The molecule has 0 unspecified atom stereocenters. The fraction of sp³-hybridized carbons (Fsp3) is 0.0870. The molecular formula is C23H18N4OS2. The number of thiophene rings is 2. The molecule has 3 heterocycles. The average Bonchev–Trinajstić information content (AvgIpc) is 3.40. The lowest BCUT2D eigenvalue weighted by Crippen LogP contribution is -2.15. The number of hydrogen-bond donors (Lipinski definition) is 1. The zero-order chi connectivity index (χ0) is 21.1. The molecule has 0 saturated heterocycles. The van der Waals surface area contributed by atoms with Crippen LogP contribution in [0.25, 0.3) is 10.6 Å². The predicted molar refractivity (Wildman–Crippen MR) is 124 cm³/mol. The van der Waals surface area contributed by atoms with Gasteiger partial charge < -0.3 is 10.6 Å². The summed E-state index contributed by atoms with van der Waals surface area (Å²) in [6.07, 6.45) is 1.72. The molecular weight excluding hydrogens is 412 g/mol. The number of para-hydroxylation sites is 1. The van der Waals surface area contributed by atoms with Crippen molar-refractivity contribution in [2.24, 2.45) is 0 Å². The van der Waals surface area contributed by atoms with E-state index in [2.05, 4.69) is 11.1 Å². The van der Waals surface area contributed by atoms with Crippen LogP contribution in [-0.2, 0) is 0 Å². The Morgan fingerprint density at radius 2 is 1.87 bits per heavy atom. The normalized spacial score (nSPS) is 10.5. The number of benzene rings is 1. The molecule has 0 fully saturated rings. The van der Waals surface area contributed by atoms with Gasteiger partial charge in [-0.2, -0.15) is 5.26 Å². The van der Waals surface area contributed by atoms with Gasteiger partial charge in [0.05, 0.1) is 21.1 Å². The molecule has 3 aromatic heterocycles. The summed E-state index contributed by atoms with van der Waals surface area (Å²) in [6, 6.07) is 21.3. The molecule has 30 heavy (non-hydrogen) atoms. The van der Waals surface area contributed by atoms with Crippen molar-refractivity contribution in [2.75, 3.05) is 17.2 Å². The summed E-state index contributed by atoms with van der Waals surface area (Å²) < 4.78 is 0. The second-order valence-corrected chi connectivity index (χ2v) is 8.51. The van der Waals surface area contributed by atoms with Crippen LogP contribution in [0.5, 0.6) is 0 Å². The van der Waals surface area contributed by atoms with E-state index in [9.17, 15) is 10.1 Å². The summed E-state index contributed by atoms with van der Waals surface area (Å²) in [6.45, 7) is 2.65. The Bertz CT molecular complexity index is 1220. The van der Waals surface area contributed by atoms with Gasteiger partial charge in [-0.15, -0.1) is 22.7 Å². The van der Waals surface area contributed by atoms with E-state index in [0.717, 1.165) is 16.3 Å². The van der Waals surface area contributed by atoms with Crippen molar-refractivity contribution < 1.29 is 4.79 Å². The third-order valence-electron chi connectivity index (χ3n) is 4.62. The molecule has 1 aromatic carbocycles. The number of ketones is 1. The van der Waals surface area contributed by atoms with Gasteiger partial charge in [0.15, 0.2) is 0 Å². The van der Waals surface area contributed by atoms with Crippen LogP contribution in [0.4, 0.5) is 16.4 Å². The molecule has 7 heteroatoms. The summed E-state index contributed by atoms with van der Waals surface area (Å²) in [5.41, 5.74) is 8.63. The first-order chi connectivity index (χ1) is 14.6. The first kappa shape index (κ1) is 19.8. The fourth-order valence-electron chi connectivity index (χ4n) is 3.17. The summed E-state index contributed by atoms with van der Waals surface area (Å²) >= 11 is 2.64. The van der Waals surface area contributed by atoms with E-state index in [1.165, 1.54) is 22.7 Å². The number of hydrogen-bond acceptors (Lipinski definition) is 7. The third-order valence-corrected chi connectivity index (χ3v) is 6.95. The third kappa shape index (κ3) is 3.59. The van der Waals surface area contributed by atoms with Gasteiger partial charge >= 0.3 is 0 Å². The van der Waals surface area contributed by atoms with Gasteiger partial charge in [-0.1, -0.05) is 24.3 Å². The lowest BCUT2D eigenvalue weighted by Gasteiger charge is -2.21. The topological polar surface area (TPSA) is 83.0 Å². The number of nitriles is 1. The van der Waals surface area contributed by atoms with Gasteiger partial charge in [0.1, 0.15) is 21.5 Å². The average molecular weight is 431 g/mol. The number of nitrogens with two attached hydrogens (primary N) is 1. The zero-order valence-corrected chi connectivity index (χ0v) is 17.8. The Hall–Kier alpha value is -3.47. The number of nitrogens with zero attached hydrogens (tertiary/aromatic N) is 3. The van der Waals surface area contributed by atoms with E-state index >= 15 is 0 Å². The van der Waals surface area contributed by atoms with Gasteiger partial charge in [-0.05, 0) is 43.3 Å². The number of aromatic nitrogens is 1. The number of anilines is 3. The zero-order valence-electron chi connectivity index (χ0n) is 16.2. The maximum absolute atomic E-state index is 13.2. The molecule has 4 aromatic rings. The number of nitrogen functional groups attached to an aromatic ring is 1. The van der Waals surface area contributed by atoms with Crippen LogP contribution in [-0.4, -0.2) is 17.3 Å². The first-order valence-electron chi connectivity index (χ1n) is 9.35. The highest BCUT2D eigenvalue weighted by molar-refractivity contribution is 7.21. The Balaban J connectivity index is 1.73. The second kappa shape index (κ2) is 8.49. The Labute approximate surface area is 182 Å². The van der Waals surface area contributed by atoms with E-state index in [0.29, 0.717) is 26.9 Å². The van der Waals surface area contributed by atoms with Crippen LogP contribution in [0, 0.1) is 11.3 Å². The van der Waals surface area contributed by atoms with E-state index in [1.807, 2.05) is 66.4 Å². The summed E-state index contributed by atoms with van der Waals surface area (Å²) in [5, 5.41) is 10.4. The molecule has 0 bridgehead atoms. The first-order valence-corrected chi connectivity index (χ1v) is 11.0. The number of pyridine rings is 1. The van der Waals surface area contributed by atoms with Crippen LogP contribution < -0.4 is 10.6 Å². The van der Waals surface area contributed by atoms with Crippen LogP contribution in [0.1, 0.15) is 27.0 Å². The molecule has 0 aliphatic rings. The highest BCUT2D eigenvalue weighted by atomic mass is 32.1. The molecule has 5 nitrogen and oxygen atoms in total. The molecule has 0 amide bonds. The monoisotopic (exact) mass is 430 g/mol. The lowest BCUT2D eigenvalue weighted by atomic mass is 10.2. The number of rotatable bonds is 6. The van der Waals surface area contributed by atoms with Gasteiger partial charge in [0.25, 0.3) is 0 Å². The quantitative estimate of drug-likeness (QED) is 0.396. The van der Waals surface area contributed by atoms with E-state index in [4.69, 9.17) is 5.73 Å². The highest BCUT2D eigenvalue weighted by Gasteiger charge is 2.26. The highest BCUT2D eigenvalue weighted by Crippen LogP contribution is 2.42. The van der Waals surface area contributed by atoms with Crippen molar-refractivity contribution >= 4 is 44.8 Å². The van der Waals surface area contributed by atoms with Crippen molar-refractivity contribution in [1.29, 1.82) is 5.26 Å². The SMILES string of the molecule is CCN(c1ccccc1)c1sc(C(=O)c2ccc(-c3ccccn3)s2)c(N)c1C#N. The molecule has 0 spiro atoms. The Kier molecular flexibility index (Phi) is 5.61. The minimum atomic E-state index is -0.170. The number of carbonyl (C=O) groups is 1. The van der Waals surface area contributed by atoms with Crippen molar-refractivity contribution in [3.63, 3.8) is 0 Å². The van der Waals surface area contributed by atoms with Crippen molar-refractivity contribution in [3.05, 3.63) is 82.2 Å². The molecule has 0 saturated carbocycles. The molecule has 0 aliphatic carbocycles.